The molecule has 0 spiro atoms. The molecule has 2 N–H and O–H groups in total. The van der Waals surface area contributed by atoms with E-state index in [1.165, 1.54) is 12.1 Å². The lowest BCUT2D eigenvalue weighted by Gasteiger charge is -2.10. The SMILES string of the molecule is Nc1ccc2nc3c4ccccc4c(=NSc4ccc(N=O)cc4N=O)cc-3oc2c1. The maximum absolute atomic E-state index is 11.2. The standard InChI is InChI=1S/C22H13N5O3S/c23-12-5-7-16-19(9-12)30-20-11-17(14-3-1-2-4-15(14)22(20)24-16)27-31-21-8-6-13(25-28)10-18(21)26-29/h1-11H,23H2. The van der Waals surface area contributed by atoms with Gasteiger partial charge in [0.1, 0.15) is 22.6 Å². The Balaban J connectivity index is 1.72. The number of hydrogen-bond acceptors (Lipinski definition) is 9. The first-order valence-corrected chi connectivity index (χ1v) is 9.97. The fourth-order valence-electron chi connectivity index (χ4n) is 3.34. The Morgan fingerprint density at radius 1 is 0.903 bits per heavy atom. The first-order chi connectivity index (χ1) is 15.2. The van der Waals surface area contributed by atoms with E-state index in [9.17, 15) is 9.81 Å². The van der Waals surface area contributed by atoms with Crippen molar-refractivity contribution in [2.24, 2.45) is 14.8 Å². The third kappa shape index (κ3) is 3.40. The summed E-state index contributed by atoms with van der Waals surface area (Å²) in [4.78, 5) is 27.1. The van der Waals surface area contributed by atoms with E-state index >= 15 is 0 Å². The second-order valence-corrected chi connectivity index (χ2v) is 7.55. The maximum atomic E-state index is 11.2. The highest BCUT2D eigenvalue weighted by molar-refractivity contribution is 7.98. The molecule has 0 saturated heterocycles. The lowest BCUT2D eigenvalue weighted by molar-refractivity contribution is 0.614. The third-order valence-electron chi connectivity index (χ3n) is 4.78. The van der Waals surface area contributed by atoms with E-state index in [-0.39, 0.29) is 11.4 Å². The van der Waals surface area contributed by atoms with E-state index in [2.05, 4.69) is 14.8 Å². The molecule has 3 aromatic rings. The van der Waals surface area contributed by atoms with E-state index in [1.54, 1.807) is 24.3 Å². The summed E-state index contributed by atoms with van der Waals surface area (Å²) in [5.41, 5.74) is 8.69. The number of nitrogens with two attached hydrogens (primary N) is 1. The first-order valence-electron chi connectivity index (χ1n) is 9.20. The van der Waals surface area contributed by atoms with Crippen LogP contribution in [0.15, 0.2) is 90.8 Å². The van der Waals surface area contributed by atoms with Gasteiger partial charge in [-0.1, -0.05) is 24.3 Å². The third-order valence-corrected chi connectivity index (χ3v) is 5.61. The van der Waals surface area contributed by atoms with Crippen LogP contribution in [0.3, 0.4) is 0 Å². The van der Waals surface area contributed by atoms with E-state index in [4.69, 9.17) is 15.1 Å². The minimum absolute atomic E-state index is 0.101. The Kier molecular flexibility index (Phi) is 4.64. The van der Waals surface area contributed by atoms with E-state index in [0.29, 0.717) is 38.5 Å². The number of nitroso groups, excluding NO2 is 2. The summed E-state index contributed by atoms with van der Waals surface area (Å²) < 4.78 is 10.7. The molecule has 0 amide bonds. The van der Waals surface area contributed by atoms with Crippen LogP contribution in [0.4, 0.5) is 17.1 Å². The summed E-state index contributed by atoms with van der Waals surface area (Å²) in [5, 5.41) is 8.22. The van der Waals surface area contributed by atoms with E-state index in [1.807, 2.05) is 30.3 Å². The summed E-state index contributed by atoms with van der Waals surface area (Å²) in [6.45, 7) is 0. The van der Waals surface area contributed by atoms with Gasteiger partial charge in [0.25, 0.3) is 0 Å². The number of hydrogen-bond donors (Lipinski definition) is 1. The fourth-order valence-corrected chi connectivity index (χ4v) is 4.00. The van der Waals surface area contributed by atoms with Gasteiger partial charge >= 0.3 is 0 Å². The number of aromatic nitrogens is 1. The molecule has 1 aliphatic carbocycles. The van der Waals surface area contributed by atoms with Crippen molar-refractivity contribution in [3.63, 3.8) is 0 Å². The molecule has 3 aromatic carbocycles. The molecule has 0 radical (unpaired) electrons. The quantitative estimate of drug-likeness (QED) is 0.122. The van der Waals surface area contributed by atoms with Gasteiger partial charge in [-0.25, -0.2) is 9.38 Å². The van der Waals surface area contributed by atoms with Gasteiger partial charge in [-0.2, -0.15) is 0 Å². The molecule has 150 valence electrons. The summed E-state index contributed by atoms with van der Waals surface area (Å²) in [5.74, 6) is 0.561. The van der Waals surface area contributed by atoms with Crippen molar-refractivity contribution in [1.82, 2.24) is 4.98 Å². The molecule has 9 heteroatoms. The van der Waals surface area contributed by atoms with Crippen molar-refractivity contribution in [3.05, 3.63) is 81.9 Å². The number of nitrogens with zero attached hydrogens (tertiary/aromatic N) is 4. The molecule has 2 aliphatic rings. The number of fused-ring (bicyclic) bond motifs is 4. The number of nitrogen functional groups attached to an aromatic ring is 1. The molecule has 0 saturated carbocycles. The fraction of sp³-hybridized carbons (Fsp3) is 0. The minimum Gasteiger partial charge on any atom is -0.453 e. The average Bonchev–Trinajstić information content (AvgIpc) is 2.81. The lowest BCUT2D eigenvalue weighted by atomic mass is 10.0. The largest absolute Gasteiger partial charge is 0.453 e. The molecule has 0 unspecified atom stereocenters. The Morgan fingerprint density at radius 2 is 1.74 bits per heavy atom. The van der Waals surface area contributed by atoms with Crippen molar-refractivity contribution in [2.75, 3.05) is 5.73 Å². The number of benzene rings is 4. The van der Waals surface area contributed by atoms with Crippen LogP contribution in [0.5, 0.6) is 0 Å². The Bertz CT molecular complexity index is 1530. The molecular weight excluding hydrogens is 414 g/mol. The van der Waals surface area contributed by atoms with Crippen LogP contribution in [-0.4, -0.2) is 4.98 Å². The highest BCUT2D eigenvalue weighted by Crippen LogP contribution is 2.34. The Labute approximate surface area is 179 Å². The molecule has 5 rings (SSSR count). The highest BCUT2D eigenvalue weighted by atomic mass is 32.2. The van der Waals surface area contributed by atoms with Crippen LogP contribution < -0.4 is 11.1 Å². The second kappa shape index (κ2) is 7.62. The van der Waals surface area contributed by atoms with Gasteiger partial charge in [0.2, 0.25) is 0 Å². The molecule has 0 aromatic heterocycles. The molecule has 1 aliphatic heterocycles. The molecule has 8 nitrogen and oxygen atoms in total. The van der Waals surface area contributed by atoms with Crippen LogP contribution >= 0.6 is 11.9 Å². The average molecular weight is 427 g/mol. The van der Waals surface area contributed by atoms with Crippen LogP contribution in [0.2, 0.25) is 0 Å². The molecule has 1 heterocycles. The van der Waals surface area contributed by atoms with Gasteiger partial charge in [0.05, 0.1) is 10.3 Å². The predicted octanol–water partition coefficient (Wildman–Crippen LogP) is 6.07. The van der Waals surface area contributed by atoms with Crippen LogP contribution in [0, 0.1) is 9.81 Å². The van der Waals surface area contributed by atoms with Gasteiger partial charge in [-0.15, -0.1) is 9.81 Å². The zero-order valence-corrected chi connectivity index (χ0v) is 16.7. The van der Waals surface area contributed by atoms with Gasteiger partial charge < -0.3 is 10.2 Å². The minimum atomic E-state index is 0.101. The molecule has 31 heavy (non-hydrogen) atoms. The monoisotopic (exact) mass is 427 g/mol. The van der Waals surface area contributed by atoms with E-state index < -0.39 is 0 Å². The van der Waals surface area contributed by atoms with Crippen molar-refractivity contribution in [3.8, 4) is 11.5 Å². The molecule has 0 atom stereocenters. The summed E-state index contributed by atoms with van der Waals surface area (Å²) in [7, 11) is 0. The van der Waals surface area contributed by atoms with Gasteiger partial charge in [-0.3, -0.25) is 0 Å². The van der Waals surface area contributed by atoms with Crippen molar-refractivity contribution in [1.29, 1.82) is 0 Å². The summed E-state index contributed by atoms with van der Waals surface area (Å²) >= 11 is 1.08. The molecule has 0 bridgehead atoms. The topological polar surface area (TPSA) is 123 Å². The zero-order chi connectivity index (χ0) is 21.4. The van der Waals surface area contributed by atoms with Crippen LogP contribution in [0.1, 0.15) is 0 Å². The lowest BCUT2D eigenvalue weighted by Crippen LogP contribution is -2.05. The number of anilines is 1. The molecule has 0 fully saturated rings. The normalized spacial score (nSPS) is 11.9. The number of rotatable bonds is 4. The Hall–Kier alpha value is -4.11. The highest BCUT2D eigenvalue weighted by Gasteiger charge is 2.15. The molecular formula is C22H13N5O3S. The zero-order valence-electron chi connectivity index (χ0n) is 15.9. The van der Waals surface area contributed by atoms with Crippen molar-refractivity contribution >= 4 is 50.9 Å². The summed E-state index contributed by atoms with van der Waals surface area (Å²) in [6, 6.07) is 19.3. The van der Waals surface area contributed by atoms with Gasteiger partial charge in [-0.05, 0) is 40.7 Å². The predicted molar refractivity (Wildman–Crippen MR) is 121 cm³/mol. The van der Waals surface area contributed by atoms with Gasteiger partial charge in [0.15, 0.2) is 11.3 Å². The van der Waals surface area contributed by atoms with Crippen LogP contribution in [-0.2, 0) is 0 Å². The van der Waals surface area contributed by atoms with E-state index in [0.717, 1.165) is 22.7 Å². The second-order valence-electron chi connectivity index (χ2n) is 6.75. The maximum Gasteiger partial charge on any atom is 0.156 e. The van der Waals surface area contributed by atoms with Gasteiger partial charge in [0, 0.05) is 40.5 Å². The van der Waals surface area contributed by atoms with Crippen LogP contribution in [0.25, 0.3) is 33.3 Å². The first kappa shape index (κ1) is 18.9. The van der Waals surface area contributed by atoms with Crippen molar-refractivity contribution in [2.45, 2.75) is 4.90 Å². The Morgan fingerprint density at radius 3 is 2.55 bits per heavy atom. The smallest absolute Gasteiger partial charge is 0.156 e. The summed E-state index contributed by atoms with van der Waals surface area (Å²) in [6.07, 6.45) is 0. The van der Waals surface area contributed by atoms with Crippen molar-refractivity contribution < 1.29 is 4.42 Å².